The average Bonchev–Trinajstić information content (AvgIpc) is 2.41. The van der Waals surface area contributed by atoms with Crippen LogP contribution in [0.15, 0.2) is 18.2 Å². The number of rotatable bonds is 2. The molecule has 0 bridgehead atoms. The number of ether oxygens (including phenoxy) is 1. The van der Waals surface area contributed by atoms with Crippen LogP contribution >= 0.6 is 0 Å². The predicted octanol–water partition coefficient (Wildman–Crippen LogP) is 2.69. The van der Waals surface area contributed by atoms with Crippen LogP contribution in [0.3, 0.4) is 0 Å². The summed E-state index contributed by atoms with van der Waals surface area (Å²) in [6.07, 6.45) is 7.15. The second kappa shape index (κ2) is 5.19. The molecule has 1 aliphatic carbocycles. The zero-order chi connectivity index (χ0) is 12.4. The number of anilines is 1. The summed E-state index contributed by atoms with van der Waals surface area (Å²) in [6.45, 7) is 0.854. The maximum atomic E-state index is 6.18. The lowest BCUT2D eigenvalue weighted by molar-refractivity contribution is 0.288. The Morgan fingerprint density at radius 3 is 2.94 bits per heavy atom. The fourth-order valence-electron chi connectivity index (χ4n) is 3.00. The van der Waals surface area contributed by atoms with E-state index >= 15 is 0 Å². The van der Waals surface area contributed by atoms with E-state index in [1.165, 1.54) is 30.5 Å². The lowest BCUT2D eigenvalue weighted by Gasteiger charge is -2.30. The summed E-state index contributed by atoms with van der Waals surface area (Å²) in [5.74, 6) is 1.06. The maximum absolute atomic E-state index is 6.18. The number of aryl methyl sites for hydroxylation is 1. The fourth-order valence-corrected chi connectivity index (χ4v) is 3.00. The Morgan fingerprint density at radius 1 is 1.17 bits per heavy atom. The molecule has 0 amide bonds. The Balaban J connectivity index is 1.72. The van der Waals surface area contributed by atoms with Gasteiger partial charge in [-0.3, -0.25) is 0 Å². The second-order valence-electron chi connectivity index (χ2n) is 5.47. The van der Waals surface area contributed by atoms with Crippen molar-refractivity contribution in [1.29, 1.82) is 0 Å². The quantitative estimate of drug-likeness (QED) is 0.843. The molecule has 2 aliphatic rings. The Kier molecular flexibility index (Phi) is 3.41. The van der Waals surface area contributed by atoms with Crippen molar-refractivity contribution in [2.75, 3.05) is 11.9 Å². The van der Waals surface area contributed by atoms with Gasteiger partial charge >= 0.3 is 0 Å². The third-order valence-corrected chi connectivity index (χ3v) is 4.08. The highest BCUT2D eigenvalue weighted by atomic mass is 16.5. The third-order valence-electron chi connectivity index (χ3n) is 4.08. The topological polar surface area (TPSA) is 47.3 Å². The molecular formula is C15H22N2O. The van der Waals surface area contributed by atoms with Crippen LogP contribution in [-0.2, 0) is 6.42 Å². The highest BCUT2D eigenvalue weighted by molar-refractivity contribution is 5.52. The van der Waals surface area contributed by atoms with Gasteiger partial charge in [-0.2, -0.15) is 0 Å². The van der Waals surface area contributed by atoms with Crippen LogP contribution < -0.4 is 15.8 Å². The summed E-state index contributed by atoms with van der Waals surface area (Å²) in [4.78, 5) is 0. The summed E-state index contributed by atoms with van der Waals surface area (Å²) < 4.78 is 5.64. The monoisotopic (exact) mass is 246 g/mol. The van der Waals surface area contributed by atoms with Crippen molar-refractivity contribution in [1.82, 2.24) is 0 Å². The van der Waals surface area contributed by atoms with Crippen molar-refractivity contribution in [3.05, 3.63) is 23.8 Å². The number of nitrogens with one attached hydrogen (secondary N) is 1. The van der Waals surface area contributed by atoms with E-state index in [2.05, 4.69) is 23.5 Å². The highest BCUT2D eigenvalue weighted by Gasteiger charge is 2.21. The minimum Gasteiger partial charge on any atom is -0.493 e. The van der Waals surface area contributed by atoms with E-state index in [0.717, 1.165) is 31.6 Å². The van der Waals surface area contributed by atoms with Crippen molar-refractivity contribution in [3.63, 3.8) is 0 Å². The molecule has 0 saturated heterocycles. The number of fused-ring (bicyclic) bond motifs is 1. The number of benzene rings is 1. The van der Waals surface area contributed by atoms with E-state index in [4.69, 9.17) is 10.5 Å². The van der Waals surface area contributed by atoms with Gasteiger partial charge in [0.2, 0.25) is 0 Å². The first-order valence-corrected chi connectivity index (χ1v) is 7.11. The molecule has 3 rings (SSSR count). The normalized spacial score (nSPS) is 27.2. The van der Waals surface area contributed by atoms with E-state index in [9.17, 15) is 0 Å². The van der Waals surface area contributed by atoms with Crippen molar-refractivity contribution >= 4 is 5.69 Å². The minimum absolute atomic E-state index is 0.297. The smallest absolute Gasteiger partial charge is 0.122 e. The van der Waals surface area contributed by atoms with Gasteiger partial charge in [0.05, 0.1) is 6.61 Å². The largest absolute Gasteiger partial charge is 0.493 e. The van der Waals surface area contributed by atoms with Gasteiger partial charge in [0.1, 0.15) is 5.75 Å². The molecule has 98 valence electrons. The van der Waals surface area contributed by atoms with Crippen molar-refractivity contribution in [2.24, 2.45) is 5.73 Å². The molecule has 2 atom stereocenters. The van der Waals surface area contributed by atoms with Gasteiger partial charge in [-0.05, 0) is 49.4 Å². The van der Waals surface area contributed by atoms with Crippen LogP contribution in [0.5, 0.6) is 5.75 Å². The van der Waals surface area contributed by atoms with E-state index in [0.29, 0.717) is 12.1 Å². The average molecular weight is 246 g/mol. The molecule has 1 fully saturated rings. The van der Waals surface area contributed by atoms with Crippen molar-refractivity contribution < 1.29 is 4.74 Å². The minimum atomic E-state index is 0.297. The molecule has 0 aromatic heterocycles. The van der Waals surface area contributed by atoms with Crippen LogP contribution in [0.4, 0.5) is 5.69 Å². The summed E-state index contributed by atoms with van der Waals surface area (Å²) in [7, 11) is 0. The Hall–Kier alpha value is -1.22. The Labute approximate surface area is 109 Å². The number of hydrogen-bond donors (Lipinski definition) is 2. The van der Waals surface area contributed by atoms with E-state index in [1.54, 1.807) is 0 Å². The molecule has 1 saturated carbocycles. The Morgan fingerprint density at radius 2 is 2.06 bits per heavy atom. The zero-order valence-corrected chi connectivity index (χ0v) is 10.8. The molecule has 0 radical (unpaired) electrons. The summed E-state index contributed by atoms with van der Waals surface area (Å²) >= 11 is 0. The molecular weight excluding hydrogens is 224 g/mol. The predicted molar refractivity (Wildman–Crippen MR) is 74.1 cm³/mol. The van der Waals surface area contributed by atoms with Crippen LogP contribution in [0.1, 0.15) is 37.7 Å². The van der Waals surface area contributed by atoms with Gasteiger partial charge in [-0.15, -0.1) is 0 Å². The van der Waals surface area contributed by atoms with Gasteiger partial charge in [-0.1, -0.05) is 12.8 Å². The van der Waals surface area contributed by atoms with Crippen molar-refractivity contribution in [2.45, 2.75) is 50.6 Å². The molecule has 3 nitrogen and oxygen atoms in total. The lowest BCUT2D eigenvalue weighted by Crippen LogP contribution is -2.42. The van der Waals surface area contributed by atoms with Gasteiger partial charge < -0.3 is 15.8 Å². The molecule has 1 aromatic rings. The molecule has 2 unspecified atom stereocenters. The molecule has 0 spiro atoms. The van der Waals surface area contributed by atoms with Gasteiger partial charge in [0, 0.05) is 17.8 Å². The van der Waals surface area contributed by atoms with Gasteiger partial charge in [0.15, 0.2) is 0 Å². The summed E-state index contributed by atoms with van der Waals surface area (Å²) in [5, 5.41) is 3.60. The summed E-state index contributed by atoms with van der Waals surface area (Å²) in [6, 6.07) is 7.17. The fraction of sp³-hybridized carbons (Fsp3) is 0.600. The van der Waals surface area contributed by atoms with E-state index < -0.39 is 0 Å². The van der Waals surface area contributed by atoms with Crippen LogP contribution in [0.25, 0.3) is 0 Å². The van der Waals surface area contributed by atoms with E-state index in [1.807, 2.05) is 0 Å². The maximum Gasteiger partial charge on any atom is 0.122 e. The molecule has 1 aromatic carbocycles. The van der Waals surface area contributed by atoms with Crippen LogP contribution in [0.2, 0.25) is 0 Å². The van der Waals surface area contributed by atoms with Crippen molar-refractivity contribution in [3.8, 4) is 5.75 Å². The molecule has 1 heterocycles. The first-order chi connectivity index (χ1) is 8.83. The number of hydrogen-bond acceptors (Lipinski definition) is 3. The van der Waals surface area contributed by atoms with Crippen LogP contribution in [0, 0.1) is 0 Å². The van der Waals surface area contributed by atoms with E-state index in [-0.39, 0.29) is 0 Å². The first-order valence-electron chi connectivity index (χ1n) is 7.11. The molecule has 1 aliphatic heterocycles. The number of nitrogens with two attached hydrogens (primary N) is 1. The van der Waals surface area contributed by atoms with Gasteiger partial charge in [-0.25, -0.2) is 0 Å². The second-order valence-corrected chi connectivity index (χ2v) is 5.47. The van der Waals surface area contributed by atoms with Gasteiger partial charge in [0.25, 0.3) is 0 Å². The highest BCUT2D eigenvalue weighted by Crippen LogP contribution is 2.29. The molecule has 3 N–H and O–H groups in total. The lowest BCUT2D eigenvalue weighted by atomic mass is 9.91. The third kappa shape index (κ3) is 2.46. The van der Waals surface area contributed by atoms with Crippen LogP contribution in [-0.4, -0.2) is 18.7 Å². The molecule has 3 heteroatoms. The molecule has 18 heavy (non-hydrogen) atoms. The zero-order valence-electron chi connectivity index (χ0n) is 10.8. The Bertz CT molecular complexity index is 419. The summed E-state index contributed by atoms with van der Waals surface area (Å²) in [5.41, 5.74) is 8.70. The SMILES string of the molecule is NC1CCCCC1Nc1ccc2c(c1)CCCO2. The first kappa shape index (κ1) is 11.8. The standard InChI is InChI=1S/C15H22N2O/c16-13-5-1-2-6-14(13)17-12-7-8-15-11(10-12)4-3-9-18-15/h7-8,10,13-14,17H,1-6,9,16H2.